The Morgan fingerprint density at radius 3 is 2.50 bits per heavy atom. The first-order valence-corrected chi connectivity index (χ1v) is 4.78. The summed E-state index contributed by atoms with van der Waals surface area (Å²) in [5.41, 5.74) is 2.03. The molecule has 2 nitrogen and oxygen atoms in total. The van der Waals surface area contributed by atoms with Crippen molar-refractivity contribution in [1.82, 2.24) is 0 Å². The fraction of sp³-hybridized carbons (Fsp3) is 0.500. The molecule has 0 spiro atoms. The summed E-state index contributed by atoms with van der Waals surface area (Å²) in [6, 6.07) is 5.93. The van der Waals surface area contributed by atoms with Gasteiger partial charge in [-0.25, -0.2) is 0 Å². The SMILES string of the molecule is COc1cccc(C(C)(C)CO)c1C. The van der Waals surface area contributed by atoms with Crippen LogP contribution in [0, 0.1) is 6.92 Å². The number of methoxy groups -OCH3 is 1. The highest BCUT2D eigenvalue weighted by Gasteiger charge is 2.22. The maximum absolute atomic E-state index is 9.29. The molecule has 78 valence electrons. The van der Waals surface area contributed by atoms with Crippen LogP contribution in [0.15, 0.2) is 18.2 Å². The summed E-state index contributed by atoms with van der Waals surface area (Å²) >= 11 is 0. The second-order valence-corrected chi connectivity index (χ2v) is 4.17. The van der Waals surface area contributed by atoms with Gasteiger partial charge in [0.05, 0.1) is 13.7 Å². The highest BCUT2D eigenvalue weighted by Crippen LogP contribution is 2.30. The maximum Gasteiger partial charge on any atom is 0.122 e. The van der Waals surface area contributed by atoms with Crippen molar-refractivity contribution in [2.24, 2.45) is 0 Å². The Kier molecular flexibility index (Phi) is 3.17. The van der Waals surface area contributed by atoms with Crippen molar-refractivity contribution in [2.75, 3.05) is 13.7 Å². The van der Waals surface area contributed by atoms with E-state index in [1.54, 1.807) is 7.11 Å². The van der Waals surface area contributed by atoms with Crippen LogP contribution in [0.25, 0.3) is 0 Å². The first-order chi connectivity index (χ1) is 6.53. The van der Waals surface area contributed by atoms with E-state index in [9.17, 15) is 5.11 Å². The molecule has 1 aromatic rings. The zero-order valence-corrected chi connectivity index (χ0v) is 9.29. The Labute approximate surface area is 85.5 Å². The Balaban J connectivity index is 3.22. The number of rotatable bonds is 3. The Hall–Kier alpha value is -1.02. The van der Waals surface area contributed by atoms with Crippen LogP contribution in [0.4, 0.5) is 0 Å². The largest absolute Gasteiger partial charge is 0.496 e. The maximum atomic E-state index is 9.29. The lowest BCUT2D eigenvalue weighted by atomic mass is 9.82. The standard InChI is InChI=1S/C12H18O2/c1-9-10(12(2,3)8-13)6-5-7-11(9)14-4/h5-7,13H,8H2,1-4H3. The molecule has 1 rings (SSSR count). The van der Waals surface area contributed by atoms with Crippen LogP contribution in [-0.2, 0) is 5.41 Å². The molecule has 0 aliphatic rings. The molecule has 0 aliphatic carbocycles. The molecule has 0 saturated carbocycles. The van der Waals surface area contributed by atoms with E-state index in [1.807, 2.05) is 39.0 Å². The van der Waals surface area contributed by atoms with Crippen LogP contribution < -0.4 is 4.74 Å². The van der Waals surface area contributed by atoms with Gasteiger partial charge in [-0.2, -0.15) is 0 Å². The summed E-state index contributed by atoms with van der Waals surface area (Å²) in [5.74, 6) is 0.879. The molecule has 0 radical (unpaired) electrons. The fourth-order valence-electron chi connectivity index (χ4n) is 1.65. The third-order valence-corrected chi connectivity index (χ3v) is 2.63. The molecule has 0 aliphatic heterocycles. The van der Waals surface area contributed by atoms with Crippen molar-refractivity contribution in [2.45, 2.75) is 26.2 Å². The minimum Gasteiger partial charge on any atom is -0.496 e. The van der Waals surface area contributed by atoms with Gasteiger partial charge in [-0.1, -0.05) is 26.0 Å². The Bertz CT molecular complexity index is 316. The molecule has 2 heteroatoms. The monoisotopic (exact) mass is 194 g/mol. The van der Waals surface area contributed by atoms with Crippen molar-refractivity contribution in [3.8, 4) is 5.75 Å². The molecular weight excluding hydrogens is 176 g/mol. The van der Waals surface area contributed by atoms with Gasteiger partial charge in [-0.05, 0) is 24.1 Å². The zero-order valence-electron chi connectivity index (χ0n) is 9.29. The van der Waals surface area contributed by atoms with E-state index < -0.39 is 0 Å². The number of aliphatic hydroxyl groups is 1. The second kappa shape index (κ2) is 4.01. The predicted molar refractivity (Wildman–Crippen MR) is 57.8 cm³/mol. The van der Waals surface area contributed by atoms with Crippen LogP contribution in [0.3, 0.4) is 0 Å². The van der Waals surface area contributed by atoms with Gasteiger partial charge in [0.15, 0.2) is 0 Å². The lowest BCUT2D eigenvalue weighted by Gasteiger charge is -2.25. The van der Waals surface area contributed by atoms with Gasteiger partial charge in [-0.15, -0.1) is 0 Å². The normalized spacial score (nSPS) is 11.5. The summed E-state index contributed by atoms with van der Waals surface area (Å²) in [4.78, 5) is 0. The van der Waals surface area contributed by atoms with Crippen molar-refractivity contribution >= 4 is 0 Å². The van der Waals surface area contributed by atoms with Gasteiger partial charge in [-0.3, -0.25) is 0 Å². The molecule has 0 unspecified atom stereocenters. The molecular formula is C12H18O2. The fourth-order valence-corrected chi connectivity index (χ4v) is 1.65. The van der Waals surface area contributed by atoms with Crippen molar-refractivity contribution < 1.29 is 9.84 Å². The topological polar surface area (TPSA) is 29.5 Å². The van der Waals surface area contributed by atoms with E-state index in [0.717, 1.165) is 16.9 Å². The molecule has 0 fully saturated rings. The molecule has 1 aromatic carbocycles. The predicted octanol–water partition coefficient (Wildman–Crippen LogP) is 2.27. The van der Waals surface area contributed by atoms with Crippen LogP contribution in [0.2, 0.25) is 0 Å². The van der Waals surface area contributed by atoms with Gasteiger partial charge in [0.2, 0.25) is 0 Å². The lowest BCUT2D eigenvalue weighted by molar-refractivity contribution is 0.217. The lowest BCUT2D eigenvalue weighted by Crippen LogP contribution is -2.23. The van der Waals surface area contributed by atoms with Gasteiger partial charge < -0.3 is 9.84 Å². The quantitative estimate of drug-likeness (QED) is 0.799. The van der Waals surface area contributed by atoms with Crippen molar-refractivity contribution in [3.05, 3.63) is 29.3 Å². The van der Waals surface area contributed by atoms with Gasteiger partial charge in [0.25, 0.3) is 0 Å². The third-order valence-electron chi connectivity index (χ3n) is 2.63. The molecule has 0 heterocycles. The average molecular weight is 194 g/mol. The Morgan fingerprint density at radius 2 is 2.00 bits per heavy atom. The summed E-state index contributed by atoms with van der Waals surface area (Å²) in [6.45, 7) is 6.20. The van der Waals surface area contributed by atoms with Crippen LogP contribution in [0.1, 0.15) is 25.0 Å². The summed E-state index contributed by atoms with van der Waals surface area (Å²) in [7, 11) is 1.66. The summed E-state index contributed by atoms with van der Waals surface area (Å²) < 4.78 is 5.24. The molecule has 0 atom stereocenters. The summed E-state index contributed by atoms with van der Waals surface area (Å²) in [6.07, 6.45) is 0. The molecule has 14 heavy (non-hydrogen) atoms. The van der Waals surface area contributed by atoms with Gasteiger partial charge >= 0.3 is 0 Å². The van der Waals surface area contributed by atoms with Crippen LogP contribution in [-0.4, -0.2) is 18.8 Å². The van der Waals surface area contributed by atoms with E-state index in [2.05, 4.69) is 0 Å². The van der Waals surface area contributed by atoms with E-state index in [4.69, 9.17) is 4.74 Å². The van der Waals surface area contributed by atoms with Crippen molar-refractivity contribution in [3.63, 3.8) is 0 Å². The van der Waals surface area contributed by atoms with Crippen LogP contribution >= 0.6 is 0 Å². The minimum atomic E-state index is -0.210. The highest BCUT2D eigenvalue weighted by molar-refractivity contribution is 5.42. The number of ether oxygens (including phenoxy) is 1. The zero-order chi connectivity index (χ0) is 10.8. The van der Waals surface area contributed by atoms with E-state index >= 15 is 0 Å². The van der Waals surface area contributed by atoms with Gasteiger partial charge in [0.1, 0.15) is 5.75 Å². The first kappa shape index (κ1) is 11.1. The first-order valence-electron chi connectivity index (χ1n) is 4.78. The number of aliphatic hydroxyl groups excluding tert-OH is 1. The number of hydrogen-bond donors (Lipinski definition) is 1. The van der Waals surface area contributed by atoms with Crippen LogP contribution in [0.5, 0.6) is 5.75 Å². The Morgan fingerprint density at radius 1 is 1.36 bits per heavy atom. The molecule has 0 amide bonds. The minimum absolute atomic E-state index is 0.140. The van der Waals surface area contributed by atoms with Gasteiger partial charge in [0, 0.05) is 5.41 Å². The molecule has 1 N–H and O–H groups in total. The number of hydrogen-bond acceptors (Lipinski definition) is 2. The van der Waals surface area contributed by atoms with Crippen molar-refractivity contribution in [1.29, 1.82) is 0 Å². The summed E-state index contributed by atoms with van der Waals surface area (Å²) in [5, 5.41) is 9.29. The second-order valence-electron chi connectivity index (χ2n) is 4.17. The van der Waals surface area contributed by atoms with E-state index in [1.165, 1.54) is 0 Å². The molecule has 0 bridgehead atoms. The van der Waals surface area contributed by atoms with E-state index in [0.29, 0.717) is 0 Å². The highest BCUT2D eigenvalue weighted by atomic mass is 16.5. The van der Waals surface area contributed by atoms with E-state index in [-0.39, 0.29) is 12.0 Å². The number of benzene rings is 1. The average Bonchev–Trinajstić information content (AvgIpc) is 2.18. The molecule has 0 aromatic heterocycles. The molecule has 0 saturated heterocycles. The third kappa shape index (κ3) is 1.90. The smallest absolute Gasteiger partial charge is 0.122 e.